The molecule has 0 saturated heterocycles. The second kappa shape index (κ2) is 8.99. The van der Waals surface area contributed by atoms with Crippen LogP contribution >= 0.6 is 11.6 Å². The number of amides is 1. The number of carbonyl (C=O) groups excluding carboxylic acids is 1. The molecule has 0 fully saturated rings. The molecule has 31 heavy (non-hydrogen) atoms. The van der Waals surface area contributed by atoms with Crippen molar-refractivity contribution in [1.29, 1.82) is 0 Å². The second-order valence-electron chi connectivity index (χ2n) is 7.64. The zero-order chi connectivity index (χ0) is 22.9. The van der Waals surface area contributed by atoms with Gasteiger partial charge in [0.1, 0.15) is 11.4 Å². The molecule has 3 N–H and O–H groups in total. The Kier molecular flexibility index (Phi) is 6.56. The third-order valence-electron chi connectivity index (χ3n) is 4.89. The molecule has 3 aromatic rings. The maximum absolute atomic E-state index is 13.5. The molecule has 2 heterocycles. The Bertz CT molecular complexity index is 1240. The Morgan fingerprint density at radius 3 is 2.71 bits per heavy atom. The van der Waals surface area contributed by atoms with Crippen LogP contribution in [-0.4, -0.2) is 35.7 Å². The van der Waals surface area contributed by atoms with Crippen LogP contribution in [0.3, 0.4) is 0 Å². The summed E-state index contributed by atoms with van der Waals surface area (Å²) in [6.45, 7) is 6.00. The summed E-state index contributed by atoms with van der Waals surface area (Å²) in [5.74, 6) is -0.532. The van der Waals surface area contributed by atoms with E-state index in [0.717, 1.165) is 0 Å². The average molecular weight is 449 g/mol. The lowest BCUT2D eigenvalue weighted by atomic mass is 10.1. The van der Waals surface area contributed by atoms with Gasteiger partial charge in [-0.2, -0.15) is 0 Å². The summed E-state index contributed by atoms with van der Waals surface area (Å²) in [4.78, 5) is 41.9. The number of benzene rings is 1. The summed E-state index contributed by atoms with van der Waals surface area (Å²) in [5.41, 5.74) is 5.77. The van der Waals surface area contributed by atoms with Crippen molar-refractivity contribution in [1.82, 2.24) is 9.55 Å². The number of nitrogens with zero attached hydrogens (tertiary/aromatic N) is 2. The van der Waals surface area contributed by atoms with Gasteiger partial charge in [-0.25, -0.2) is 4.79 Å². The van der Waals surface area contributed by atoms with Gasteiger partial charge in [0.15, 0.2) is 11.4 Å². The van der Waals surface area contributed by atoms with Crippen molar-refractivity contribution in [3.05, 3.63) is 55.4 Å². The first-order valence-electron chi connectivity index (χ1n) is 9.77. The van der Waals surface area contributed by atoms with E-state index in [1.54, 1.807) is 25.1 Å². The molecule has 0 atom stereocenters. The second-order valence-corrected chi connectivity index (χ2v) is 8.08. The number of nitrogens with one attached hydrogen (secondary N) is 1. The summed E-state index contributed by atoms with van der Waals surface area (Å²) in [6, 6.07) is 5.04. The number of halogens is 1. The van der Waals surface area contributed by atoms with E-state index in [4.69, 9.17) is 26.5 Å². The van der Waals surface area contributed by atoms with E-state index in [1.807, 2.05) is 13.8 Å². The molecule has 0 radical (unpaired) electrons. The number of nitrogen functional groups attached to an aromatic ring is 1. The molecule has 0 spiro atoms. The van der Waals surface area contributed by atoms with Crippen molar-refractivity contribution in [2.75, 3.05) is 30.9 Å². The van der Waals surface area contributed by atoms with Gasteiger partial charge < -0.3 is 14.9 Å². The number of methoxy groups -OCH3 is 1. The van der Waals surface area contributed by atoms with Gasteiger partial charge in [0.05, 0.1) is 13.2 Å². The van der Waals surface area contributed by atoms with Gasteiger partial charge in [-0.1, -0.05) is 25.4 Å². The molecule has 0 aliphatic heterocycles. The Morgan fingerprint density at radius 1 is 1.35 bits per heavy atom. The maximum Gasteiger partial charge on any atom is 0.330 e. The van der Waals surface area contributed by atoms with Crippen LogP contribution in [0.1, 0.15) is 30.0 Å². The predicted octanol–water partition coefficient (Wildman–Crippen LogP) is 2.78. The van der Waals surface area contributed by atoms with E-state index in [9.17, 15) is 14.4 Å². The number of aromatic nitrogens is 2. The van der Waals surface area contributed by atoms with Crippen LogP contribution in [0.25, 0.3) is 11.0 Å². The van der Waals surface area contributed by atoms with Crippen LogP contribution in [0, 0.1) is 12.8 Å². The Labute approximate surface area is 183 Å². The molecule has 9 nitrogen and oxygen atoms in total. The van der Waals surface area contributed by atoms with Gasteiger partial charge >= 0.3 is 5.69 Å². The summed E-state index contributed by atoms with van der Waals surface area (Å²) < 4.78 is 12.2. The van der Waals surface area contributed by atoms with Crippen molar-refractivity contribution >= 4 is 40.0 Å². The normalized spacial score (nSPS) is 11.4. The quantitative estimate of drug-likeness (QED) is 0.572. The molecule has 0 unspecified atom stereocenters. The highest BCUT2D eigenvalue weighted by Gasteiger charge is 2.29. The lowest BCUT2D eigenvalue weighted by molar-refractivity contribution is 0.0950. The van der Waals surface area contributed by atoms with Gasteiger partial charge in [-0.05, 0) is 31.0 Å². The first kappa shape index (κ1) is 22.6. The lowest BCUT2D eigenvalue weighted by Gasteiger charge is -2.24. The number of H-pyrrole nitrogens is 1. The highest BCUT2D eigenvalue weighted by Crippen LogP contribution is 2.30. The Hall–Kier alpha value is -3.04. The van der Waals surface area contributed by atoms with Crippen molar-refractivity contribution in [3.8, 4) is 0 Å². The topological polar surface area (TPSA) is 124 Å². The van der Waals surface area contributed by atoms with Crippen LogP contribution in [0.4, 0.5) is 11.5 Å². The van der Waals surface area contributed by atoms with E-state index in [0.29, 0.717) is 21.6 Å². The van der Waals surface area contributed by atoms with Crippen LogP contribution in [0.2, 0.25) is 5.02 Å². The molecule has 10 heteroatoms. The number of hydrogen-bond donors (Lipinski definition) is 2. The number of fused-ring (bicyclic) bond motifs is 1. The highest BCUT2D eigenvalue weighted by molar-refractivity contribution is 6.31. The molecule has 0 bridgehead atoms. The number of rotatable bonds is 7. The molecule has 166 valence electrons. The lowest BCUT2D eigenvalue weighted by Crippen LogP contribution is -2.43. The van der Waals surface area contributed by atoms with Gasteiger partial charge in [-0.15, -0.1) is 0 Å². The number of ether oxygens (including phenoxy) is 1. The first-order valence-corrected chi connectivity index (χ1v) is 10.2. The number of furan rings is 1. The smallest absolute Gasteiger partial charge is 0.330 e. The Morgan fingerprint density at radius 2 is 2.06 bits per heavy atom. The summed E-state index contributed by atoms with van der Waals surface area (Å²) in [7, 11) is 1.48. The molecular formula is C21H25ClN4O5. The van der Waals surface area contributed by atoms with Gasteiger partial charge in [0.25, 0.3) is 11.5 Å². The molecule has 0 aliphatic rings. The number of aromatic amines is 1. The Balaban J connectivity index is 2.18. The van der Waals surface area contributed by atoms with Crippen LogP contribution < -0.4 is 21.9 Å². The molecule has 0 saturated carbocycles. The summed E-state index contributed by atoms with van der Waals surface area (Å²) in [6.07, 6.45) is 0. The highest BCUT2D eigenvalue weighted by atomic mass is 35.5. The molecule has 2 aromatic heterocycles. The van der Waals surface area contributed by atoms with E-state index < -0.39 is 17.2 Å². The zero-order valence-electron chi connectivity index (χ0n) is 17.8. The molecule has 1 aromatic carbocycles. The number of hydrogen-bond acceptors (Lipinski definition) is 6. The molecule has 3 rings (SSSR count). The fourth-order valence-electron chi connectivity index (χ4n) is 3.40. The van der Waals surface area contributed by atoms with Crippen molar-refractivity contribution in [2.24, 2.45) is 5.92 Å². The maximum atomic E-state index is 13.5. The number of carbonyl (C=O) groups is 1. The standard InChI is InChI=1S/C21H25ClN4O5/c1-11(2)10-26-18(23)16(19(27)24-21(26)29)25(7-8-30-4)20(28)17-12(3)14-9-13(22)5-6-15(14)31-17/h5-6,9,11H,7-8,10,23H2,1-4H3,(H,24,27,29). The third kappa shape index (κ3) is 4.38. The summed E-state index contributed by atoms with van der Waals surface area (Å²) in [5, 5.41) is 1.20. The van der Waals surface area contributed by atoms with E-state index >= 15 is 0 Å². The zero-order valence-corrected chi connectivity index (χ0v) is 18.6. The van der Waals surface area contributed by atoms with Crippen LogP contribution in [0.15, 0.2) is 32.2 Å². The average Bonchev–Trinajstić information content (AvgIpc) is 3.03. The van der Waals surface area contributed by atoms with Gasteiger partial charge in [0, 0.05) is 29.6 Å². The molecular weight excluding hydrogens is 424 g/mol. The molecule has 0 aliphatic carbocycles. The van der Waals surface area contributed by atoms with E-state index in [2.05, 4.69) is 4.98 Å². The minimum absolute atomic E-state index is 0.0275. The largest absolute Gasteiger partial charge is 0.451 e. The van der Waals surface area contributed by atoms with Crippen molar-refractivity contribution < 1.29 is 13.9 Å². The van der Waals surface area contributed by atoms with Gasteiger partial charge in [0.2, 0.25) is 0 Å². The van der Waals surface area contributed by atoms with E-state index in [-0.39, 0.29) is 42.9 Å². The number of anilines is 2. The molecule has 1 amide bonds. The summed E-state index contributed by atoms with van der Waals surface area (Å²) >= 11 is 6.07. The minimum atomic E-state index is -0.760. The van der Waals surface area contributed by atoms with Gasteiger partial charge in [-0.3, -0.25) is 24.0 Å². The van der Waals surface area contributed by atoms with Crippen molar-refractivity contribution in [3.63, 3.8) is 0 Å². The van der Waals surface area contributed by atoms with Crippen molar-refractivity contribution in [2.45, 2.75) is 27.3 Å². The SMILES string of the molecule is COCCN(C(=O)c1oc2ccc(Cl)cc2c1C)c1c(N)n(CC(C)C)c(=O)[nH]c1=O. The number of aryl methyl sites for hydroxylation is 1. The first-order chi connectivity index (χ1) is 14.6. The van der Waals surface area contributed by atoms with Crippen LogP contribution in [-0.2, 0) is 11.3 Å². The minimum Gasteiger partial charge on any atom is -0.451 e. The monoisotopic (exact) mass is 448 g/mol. The fourth-order valence-corrected chi connectivity index (χ4v) is 3.57. The number of nitrogens with two attached hydrogens (primary N) is 1. The predicted molar refractivity (Wildman–Crippen MR) is 120 cm³/mol. The fraction of sp³-hybridized carbons (Fsp3) is 0.381. The van der Waals surface area contributed by atoms with Crippen LogP contribution in [0.5, 0.6) is 0 Å². The third-order valence-corrected chi connectivity index (χ3v) is 5.12. The van der Waals surface area contributed by atoms with E-state index in [1.165, 1.54) is 16.6 Å².